The first-order chi connectivity index (χ1) is 6.70. The van der Waals surface area contributed by atoms with Gasteiger partial charge >= 0.3 is 0 Å². The van der Waals surface area contributed by atoms with Gasteiger partial charge in [0.05, 0.1) is 6.04 Å². The summed E-state index contributed by atoms with van der Waals surface area (Å²) in [7, 11) is 1.84. The molecule has 2 unspecified atom stereocenters. The van der Waals surface area contributed by atoms with Crippen molar-refractivity contribution in [1.29, 1.82) is 0 Å². The van der Waals surface area contributed by atoms with Gasteiger partial charge in [0.15, 0.2) is 0 Å². The first-order valence-corrected chi connectivity index (χ1v) is 5.68. The van der Waals surface area contributed by atoms with Gasteiger partial charge in [-0.15, -0.1) is 0 Å². The second kappa shape index (κ2) is 3.71. The molecule has 2 heterocycles. The van der Waals surface area contributed by atoms with Gasteiger partial charge in [0.25, 0.3) is 0 Å². The number of nitrogens with two attached hydrogens (primary N) is 1. The molecular weight excluding hydrogens is 196 g/mol. The van der Waals surface area contributed by atoms with E-state index >= 15 is 0 Å². The smallest absolute Gasteiger partial charge is 0.222 e. The Hall–Kier alpha value is -0.870. The number of hydrogen-bond acceptors (Lipinski definition) is 3. The van der Waals surface area contributed by atoms with Crippen LogP contribution < -0.4 is 5.73 Å². The molecule has 4 heteroatoms. The third-order valence-electron chi connectivity index (χ3n) is 2.79. The fourth-order valence-corrected chi connectivity index (χ4v) is 2.67. The van der Waals surface area contributed by atoms with Crippen molar-refractivity contribution in [1.82, 2.24) is 4.90 Å². The molecule has 0 aromatic carbocycles. The molecule has 2 N–H and O–H groups in total. The van der Waals surface area contributed by atoms with E-state index in [1.165, 1.54) is 0 Å². The van der Waals surface area contributed by atoms with Crippen molar-refractivity contribution >= 4 is 17.2 Å². The average Bonchev–Trinajstić information content (AvgIpc) is 2.65. The summed E-state index contributed by atoms with van der Waals surface area (Å²) in [4.78, 5) is 13.3. The largest absolute Gasteiger partial charge is 0.337 e. The standard InChI is InChI=1S/C10H14N2OS/c1-12-9(13)3-2-8(11)10(12)7-4-5-14-6-7/h4-6,8,10H,2-3,11H2,1H3. The van der Waals surface area contributed by atoms with Gasteiger partial charge in [0.2, 0.25) is 5.91 Å². The topological polar surface area (TPSA) is 46.3 Å². The van der Waals surface area contributed by atoms with Crippen molar-refractivity contribution in [3.05, 3.63) is 22.4 Å². The van der Waals surface area contributed by atoms with Gasteiger partial charge in [-0.2, -0.15) is 11.3 Å². The molecule has 76 valence electrons. The summed E-state index contributed by atoms with van der Waals surface area (Å²) in [6.45, 7) is 0. The number of hydrogen-bond donors (Lipinski definition) is 1. The summed E-state index contributed by atoms with van der Waals surface area (Å²) in [6.07, 6.45) is 1.38. The van der Waals surface area contributed by atoms with Gasteiger partial charge in [-0.1, -0.05) is 0 Å². The van der Waals surface area contributed by atoms with E-state index in [9.17, 15) is 4.79 Å². The second-order valence-corrected chi connectivity index (χ2v) is 4.49. The molecule has 1 saturated heterocycles. The Morgan fingerprint density at radius 1 is 1.64 bits per heavy atom. The van der Waals surface area contributed by atoms with E-state index in [1.54, 1.807) is 16.2 Å². The molecule has 1 amide bonds. The number of piperidine rings is 1. The molecule has 0 aliphatic carbocycles. The van der Waals surface area contributed by atoms with Gasteiger partial charge < -0.3 is 10.6 Å². The molecule has 1 aliphatic heterocycles. The Balaban J connectivity index is 2.26. The number of carbonyl (C=O) groups excluding carboxylic acids is 1. The molecular formula is C10H14N2OS. The molecule has 2 atom stereocenters. The van der Waals surface area contributed by atoms with Crippen LogP contribution in [0.1, 0.15) is 24.4 Å². The lowest BCUT2D eigenvalue weighted by atomic mass is 9.93. The van der Waals surface area contributed by atoms with Crippen LogP contribution in [0.2, 0.25) is 0 Å². The summed E-state index contributed by atoms with van der Waals surface area (Å²) in [5.41, 5.74) is 7.20. The minimum atomic E-state index is 0.0718. The molecule has 2 rings (SSSR count). The lowest BCUT2D eigenvalue weighted by Gasteiger charge is -2.36. The zero-order valence-electron chi connectivity index (χ0n) is 8.14. The highest BCUT2D eigenvalue weighted by Gasteiger charge is 2.32. The molecule has 1 fully saturated rings. The minimum absolute atomic E-state index is 0.0718. The third-order valence-corrected chi connectivity index (χ3v) is 3.49. The van der Waals surface area contributed by atoms with Gasteiger partial charge in [-0.05, 0) is 28.8 Å². The highest BCUT2D eigenvalue weighted by Crippen LogP contribution is 2.30. The summed E-state index contributed by atoms with van der Waals surface area (Å²) in [6, 6.07) is 2.19. The van der Waals surface area contributed by atoms with Crippen LogP contribution in [0.4, 0.5) is 0 Å². The molecule has 1 aromatic heterocycles. The molecule has 1 aliphatic rings. The predicted octanol–water partition coefficient (Wildman–Crippen LogP) is 1.37. The van der Waals surface area contributed by atoms with Gasteiger partial charge in [-0.25, -0.2) is 0 Å². The number of thiophene rings is 1. The van der Waals surface area contributed by atoms with Crippen LogP contribution >= 0.6 is 11.3 Å². The number of likely N-dealkylation sites (tertiary alicyclic amines) is 1. The maximum Gasteiger partial charge on any atom is 0.222 e. The van der Waals surface area contributed by atoms with Crippen LogP contribution in [0.15, 0.2) is 16.8 Å². The van der Waals surface area contributed by atoms with Crippen LogP contribution in [-0.2, 0) is 4.79 Å². The molecule has 0 spiro atoms. The van der Waals surface area contributed by atoms with Crippen molar-refractivity contribution in [3.8, 4) is 0 Å². The normalized spacial score (nSPS) is 28.1. The van der Waals surface area contributed by atoms with Crippen molar-refractivity contribution in [3.63, 3.8) is 0 Å². The lowest BCUT2D eigenvalue weighted by Crippen LogP contribution is -2.46. The lowest BCUT2D eigenvalue weighted by molar-refractivity contribution is -0.135. The van der Waals surface area contributed by atoms with E-state index in [0.29, 0.717) is 6.42 Å². The van der Waals surface area contributed by atoms with Crippen LogP contribution in [-0.4, -0.2) is 23.9 Å². The Morgan fingerprint density at radius 2 is 2.43 bits per heavy atom. The monoisotopic (exact) mass is 210 g/mol. The first kappa shape index (κ1) is 9.68. The maximum absolute atomic E-state index is 11.5. The number of rotatable bonds is 1. The van der Waals surface area contributed by atoms with E-state index in [-0.39, 0.29) is 18.0 Å². The van der Waals surface area contributed by atoms with Gasteiger partial charge in [0.1, 0.15) is 0 Å². The summed E-state index contributed by atoms with van der Waals surface area (Å²) >= 11 is 1.65. The molecule has 1 aromatic rings. The van der Waals surface area contributed by atoms with Crippen molar-refractivity contribution in [2.45, 2.75) is 24.9 Å². The minimum Gasteiger partial charge on any atom is -0.337 e. The second-order valence-electron chi connectivity index (χ2n) is 3.71. The Kier molecular flexibility index (Phi) is 2.56. The molecule has 3 nitrogen and oxygen atoms in total. The molecule has 0 bridgehead atoms. The number of carbonyl (C=O) groups is 1. The highest BCUT2D eigenvalue weighted by molar-refractivity contribution is 7.07. The van der Waals surface area contributed by atoms with Gasteiger partial charge in [-0.3, -0.25) is 4.79 Å². The average molecular weight is 210 g/mol. The summed E-state index contributed by atoms with van der Waals surface area (Å²) in [5.74, 6) is 0.197. The third kappa shape index (κ3) is 1.55. The van der Waals surface area contributed by atoms with E-state index in [2.05, 4.69) is 5.38 Å². The Bertz CT molecular complexity index is 323. The highest BCUT2D eigenvalue weighted by atomic mass is 32.1. The summed E-state index contributed by atoms with van der Waals surface area (Å²) < 4.78 is 0. The Labute approximate surface area is 87.5 Å². The molecule has 0 saturated carbocycles. The van der Waals surface area contributed by atoms with E-state index in [1.807, 2.05) is 18.5 Å². The number of nitrogens with zero attached hydrogens (tertiary/aromatic N) is 1. The van der Waals surface area contributed by atoms with Crippen molar-refractivity contribution in [2.24, 2.45) is 5.73 Å². The zero-order valence-corrected chi connectivity index (χ0v) is 8.96. The van der Waals surface area contributed by atoms with E-state index in [4.69, 9.17) is 5.73 Å². The van der Waals surface area contributed by atoms with E-state index in [0.717, 1.165) is 12.0 Å². The first-order valence-electron chi connectivity index (χ1n) is 4.73. The Morgan fingerprint density at radius 3 is 3.07 bits per heavy atom. The van der Waals surface area contributed by atoms with Crippen molar-refractivity contribution in [2.75, 3.05) is 7.05 Å². The number of amides is 1. The number of likely N-dealkylation sites (N-methyl/N-ethyl adjacent to an activating group) is 1. The quantitative estimate of drug-likeness (QED) is 0.761. The van der Waals surface area contributed by atoms with Crippen LogP contribution in [0.3, 0.4) is 0 Å². The summed E-state index contributed by atoms with van der Waals surface area (Å²) in [5, 5.41) is 4.09. The molecule has 0 radical (unpaired) electrons. The SMILES string of the molecule is CN1C(=O)CCC(N)C1c1ccsc1. The fraction of sp³-hybridized carbons (Fsp3) is 0.500. The van der Waals surface area contributed by atoms with Crippen LogP contribution in [0.5, 0.6) is 0 Å². The zero-order chi connectivity index (χ0) is 10.1. The van der Waals surface area contributed by atoms with Crippen LogP contribution in [0, 0.1) is 0 Å². The predicted molar refractivity (Wildman–Crippen MR) is 57.0 cm³/mol. The fourth-order valence-electron chi connectivity index (χ4n) is 1.98. The van der Waals surface area contributed by atoms with Crippen molar-refractivity contribution < 1.29 is 4.79 Å². The maximum atomic E-state index is 11.5. The van der Waals surface area contributed by atoms with Crippen LogP contribution in [0.25, 0.3) is 0 Å². The van der Waals surface area contributed by atoms with E-state index < -0.39 is 0 Å². The molecule has 14 heavy (non-hydrogen) atoms. The van der Waals surface area contributed by atoms with Gasteiger partial charge in [0, 0.05) is 19.5 Å².